The molecule has 2 aromatic carbocycles. The largest absolute Gasteiger partial charge is 0.495 e. The minimum absolute atomic E-state index is 0.00143. The highest BCUT2D eigenvalue weighted by Crippen LogP contribution is 2.42. The number of hydrogen-bond acceptors (Lipinski definition) is 6. The molecule has 3 aromatic rings. The standard InChI is InChI=1S/C27H26ClF4N3O6/c1-13(39-2)8-18(25(37)35-15-5-6-16(24(33)36)19(29)10-15)23-22(21(40-3)11-34-26(23)38)17-9-14(28)4-7-20(17)41-12-27(30,31)32/h4-7,9-11,13,18H,8,12H2,1-3H3,(H2,33,36)(H,34,38)(H,35,37)/t13-,18?/m0/s1. The first-order valence-electron chi connectivity index (χ1n) is 12.0. The first-order valence-corrected chi connectivity index (χ1v) is 12.4. The van der Waals surface area contributed by atoms with Crippen molar-refractivity contribution >= 4 is 29.1 Å². The van der Waals surface area contributed by atoms with Gasteiger partial charge < -0.3 is 30.2 Å². The number of primary amides is 1. The van der Waals surface area contributed by atoms with Crippen molar-refractivity contribution in [2.45, 2.75) is 31.5 Å². The van der Waals surface area contributed by atoms with Crippen LogP contribution in [0.2, 0.25) is 5.02 Å². The lowest BCUT2D eigenvalue weighted by molar-refractivity contribution is -0.153. The van der Waals surface area contributed by atoms with Gasteiger partial charge in [0.15, 0.2) is 6.61 Å². The average molecular weight is 600 g/mol. The van der Waals surface area contributed by atoms with Crippen molar-refractivity contribution in [2.75, 3.05) is 26.1 Å². The van der Waals surface area contributed by atoms with E-state index in [2.05, 4.69) is 10.3 Å². The van der Waals surface area contributed by atoms with Crippen LogP contribution in [0.3, 0.4) is 0 Å². The van der Waals surface area contributed by atoms with Crippen LogP contribution in [-0.2, 0) is 9.53 Å². The van der Waals surface area contributed by atoms with Gasteiger partial charge in [-0.15, -0.1) is 0 Å². The number of carbonyl (C=O) groups excluding carboxylic acids is 2. The van der Waals surface area contributed by atoms with Gasteiger partial charge in [-0.1, -0.05) is 11.6 Å². The molecule has 9 nitrogen and oxygen atoms in total. The van der Waals surface area contributed by atoms with Crippen LogP contribution in [-0.4, -0.2) is 49.9 Å². The molecule has 0 bridgehead atoms. The van der Waals surface area contributed by atoms with E-state index >= 15 is 0 Å². The number of amides is 2. The molecule has 2 atom stereocenters. The minimum Gasteiger partial charge on any atom is -0.495 e. The van der Waals surface area contributed by atoms with Crippen molar-refractivity contribution in [3.05, 3.63) is 74.9 Å². The molecule has 3 rings (SSSR count). The summed E-state index contributed by atoms with van der Waals surface area (Å²) < 4.78 is 69.2. The molecule has 0 aliphatic rings. The van der Waals surface area contributed by atoms with Crippen molar-refractivity contribution in [1.29, 1.82) is 0 Å². The molecule has 0 fully saturated rings. The molecule has 0 radical (unpaired) electrons. The lowest BCUT2D eigenvalue weighted by Crippen LogP contribution is -2.30. The summed E-state index contributed by atoms with van der Waals surface area (Å²) in [6.45, 7) is -0.00709. The van der Waals surface area contributed by atoms with E-state index in [0.29, 0.717) is 0 Å². The molecule has 0 aliphatic carbocycles. The van der Waals surface area contributed by atoms with E-state index in [-0.39, 0.29) is 45.3 Å². The maximum atomic E-state index is 14.4. The zero-order chi connectivity index (χ0) is 30.5. The number of nitrogens with two attached hydrogens (primary N) is 1. The quantitative estimate of drug-likeness (QED) is 0.265. The molecule has 0 saturated carbocycles. The minimum atomic E-state index is -4.67. The number of H-pyrrole nitrogens is 1. The van der Waals surface area contributed by atoms with Gasteiger partial charge in [0.25, 0.3) is 11.5 Å². The fraction of sp³-hybridized carbons (Fsp3) is 0.296. The first kappa shape index (κ1) is 31.4. The van der Waals surface area contributed by atoms with E-state index in [1.54, 1.807) is 6.92 Å². The molecule has 4 N–H and O–H groups in total. The lowest BCUT2D eigenvalue weighted by Gasteiger charge is -2.24. The van der Waals surface area contributed by atoms with Crippen LogP contribution in [0.1, 0.15) is 35.2 Å². The highest BCUT2D eigenvalue weighted by Gasteiger charge is 2.33. The molecular formula is C27H26ClF4N3O6. The molecule has 1 heterocycles. The van der Waals surface area contributed by atoms with Gasteiger partial charge in [0.1, 0.15) is 17.3 Å². The number of methoxy groups -OCH3 is 2. The molecule has 0 saturated heterocycles. The second-order valence-electron chi connectivity index (χ2n) is 8.90. The number of anilines is 1. The Morgan fingerprint density at radius 2 is 1.83 bits per heavy atom. The Morgan fingerprint density at radius 3 is 2.41 bits per heavy atom. The molecule has 2 amide bonds. The number of benzene rings is 2. The SMILES string of the molecule is COc1c[nH]c(=O)c(C(C[C@H](C)OC)C(=O)Nc2ccc(C(N)=O)c(F)c2)c1-c1cc(Cl)ccc1OCC(F)(F)F. The molecule has 1 aromatic heterocycles. The van der Waals surface area contributed by atoms with E-state index in [1.165, 1.54) is 44.7 Å². The lowest BCUT2D eigenvalue weighted by atomic mass is 9.86. The molecule has 0 spiro atoms. The Morgan fingerprint density at radius 1 is 1.12 bits per heavy atom. The third-order valence-electron chi connectivity index (χ3n) is 6.05. The van der Waals surface area contributed by atoms with E-state index in [9.17, 15) is 31.9 Å². The zero-order valence-electron chi connectivity index (χ0n) is 22.0. The maximum Gasteiger partial charge on any atom is 0.422 e. The predicted octanol–water partition coefficient (Wildman–Crippen LogP) is 5.03. The smallest absolute Gasteiger partial charge is 0.422 e. The molecule has 41 heavy (non-hydrogen) atoms. The molecule has 1 unspecified atom stereocenters. The predicted molar refractivity (Wildman–Crippen MR) is 143 cm³/mol. The van der Waals surface area contributed by atoms with Crippen molar-refractivity contribution in [1.82, 2.24) is 4.98 Å². The second kappa shape index (κ2) is 13.0. The Hall–Kier alpha value is -4.10. The number of halogens is 5. The van der Waals surface area contributed by atoms with Gasteiger partial charge >= 0.3 is 6.18 Å². The summed E-state index contributed by atoms with van der Waals surface area (Å²) in [5, 5.41) is 2.61. The number of carbonyl (C=O) groups is 2. The van der Waals surface area contributed by atoms with Crippen molar-refractivity contribution in [2.24, 2.45) is 5.73 Å². The molecule has 14 heteroatoms. The van der Waals surface area contributed by atoms with Crippen LogP contribution < -0.4 is 26.1 Å². The monoisotopic (exact) mass is 599 g/mol. The Balaban J connectivity index is 2.22. The van der Waals surface area contributed by atoms with E-state index in [4.69, 9.17) is 31.5 Å². The molecule has 0 aliphatic heterocycles. The zero-order valence-corrected chi connectivity index (χ0v) is 22.8. The third-order valence-corrected chi connectivity index (χ3v) is 6.29. The van der Waals surface area contributed by atoms with E-state index in [0.717, 1.165) is 12.1 Å². The van der Waals surface area contributed by atoms with Crippen LogP contribution in [0.5, 0.6) is 11.5 Å². The van der Waals surface area contributed by atoms with Gasteiger partial charge in [-0.25, -0.2) is 4.39 Å². The normalized spacial score (nSPS) is 12.9. The summed E-state index contributed by atoms with van der Waals surface area (Å²) in [6.07, 6.45) is -4.18. The highest BCUT2D eigenvalue weighted by atomic mass is 35.5. The summed E-state index contributed by atoms with van der Waals surface area (Å²) in [5.41, 5.74) is 3.64. The summed E-state index contributed by atoms with van der Waals surface area (Å²) in [6, 6.07) is 6.99. The van der Waals surface area contributed by atoms with E-state index in [1.807, 2.05) is 0 Å². The first-order chi connectivity index (χ1) is 19.2. The maximum absolute atomic E-state index is 14.4. The van der Waals surface area contributed by atoms with Crippen molar-refractivity contribution in [3.63, 3.8) is 0 Å². The number of pyridine rings is 1. The number of aromatic nitrogens is 1. The Labute approximate surface area is 236 Å². The van der Waals surface area contributed by atoms with Crippen molar-refractivity contribution < 1.29 is 41.4 Å². The van der Waals surface area contributed by atoms with Gasteiger partial charge in [-0.05, 0) is 49.7 Å². The van der Waals surface area contributed by atoms with Gasteiger partial charge in [-0.2, -0.15) is 13.2 Å². The summed E-state index contributed by atoms with van der Waals surface area (Å²) >= 11 is 6.18. The third kappa shape index (κ3) is 7.76. The number of rotatable bonds is 11. The van der Waals surface area contributed by atoms with E-state index < -0.39 is 53.6 Å². The fourth-order valence-electron chi connectivity index (χ4n) is 4.09. The fourth-order valence-corrected chi connectivity index (χ4v) is 4.26. The van der Waals surface area contributed by atoms with Crippen molar-refractivity contribution in [3.8, 4) is 22.6 Å². The second-order valence-corrected chi connectivity index (χ2v) is 9.34. The van der Waals surface area contributed by atoms with Crippen LogP contribution in [0.15, 0.2) is 47.4 Å². The molecular weight excluding hydrogens is 574 g/mol. The number of aromatic amines is 1. The average Bonchev–Trinajstić information content (AvgIpc) is 2.90. The van der Waals surface area contributed by atoms with Gasteiger partial charge in [0.2, 0.25) is 5.91 Å². The number of nitrogens with one attached hydrogen (secondary N) is 2. The topological polar surface area (TPSA) is 133 Å². The summed E-state index contributed by atoms with van der Waals surface area (Å²) in [4.78, 5) is 40.8. The highest BCUT2D eigenvalue weighted by molar-refractivity contribution is 6.31. The van der Waals surface area contributed by atoms with Gasteiger partial charge in [-0.3, -0.25) is 14.4 Å². The summed E-state index contributed by atoms with van der Waals surface area (Å²) in [5.74, 6) is -4.38. The van der Waals surface area contributed by atoms with Crippen LogP contribution >= 0.6 is 11.6 Å². The number of alkyl halides is 3. The van der Waals surface area contributed by atoms with Gasteiger partial charge in [0.05, 0.1) is 24.7 Å². The summed E-state index contributed by atoms with van der Waals surface area (Å²) in [7, 11) is 2.64. The van der Waals surface area contributed by atoms with Crippen LogP contribution in [0.25, 0.3) is 11.1 Å². The van der Waals surface area contributed by atoms with Gasteiger partial charge in [0, 0.05) is 40.7 Å². The Bertz CT molecular complexity index is 1490. The van der Waals surface area contributed by atoms with Crippen LogP contribution in [0.4, 0.5) is 23.2 Å². The number of ether oxygens (including phenoxy) is 3. The Kier molecular flexibility index (Phi) is 10.00. The van der Waals surface area contributed by atoms with Crippen LogP contribution in [0, 0.1) is 5.82 Å². The molecule has 220 valence electrons. The number of hydrogen-bond donors (Lipinski definition) is 3.